The number of allylic oxidation sites excluding steroid dienone is 6. The summed E-state index contributed by atoms with van der Waals surface area (Å²) in [6.45, 7) is 4.51. The molecule has 88 heavy (non-hydrogen) atoms. The molecular weight excluding hydrogens is 1110 g/mol. The highest BCUT2D eigenvalue weighted by molar-refractivity contribution is 7.47. The van der Waals surface area contributed by atoms with Crippen LogP contribution in [0, 0.1) is 0 Å². The Kier molecular flexibility index (Phi) is 68.2. The van der Waals surface area contributed by atoms with Crippen molar-refractivity contribution in [2.75, 3.05) is 47.5 Å². The number of rotatable bonds is 73. The van der Waals surface area contributed by atoms with E-state index in [0.29, 0.717) is 23.9 Å². The average Bonchev–Trinajstić information content (AvgIpc) is 3.68. The van der Waals surface area contributed by atoms with Crippen LogP contribution in [0.4, 0.5) is 0 Å². The Hall–Kier alpha value is -1.77. The van der Waals surface area contributed by atoms with Gasteiger partial charge >= 0.3 is 19.8 Å². The Bertz CT molecular complexity index is 1580. The average molecular weight is 1260 g/mol. The molecule has 0 radical (unpaired) electrons. The van der Waals surface area contributed by atoms with Gasteiger partial charge < -0.3 is 18.9 Å². The van der Waals surface area contributed by atoms with Crippen LogP contribution in [-0.4, -0.2) is 74.9 Å². The first kappa shape index (κ1) is 86.2. The smallest absolute Gasteiger partial charge is 0.462 e. The van der Waals surface area contributed by atoms with E-state index in [1.54, 1.807) is 0 Å². The maximum atomic E-state index is 12.9. The summed E-state index contributed by atoms with van der Waals surface area (Å²) in [6.07, 6.45) is 90.0. The molecule has 2 unspecified atom stereocenters. The van der Waals surface area contributed by atoms with Crippen molar-refractivity contribution in [2.24, 2.45) is 0 Å². The molecule has 0 bridgehead atoms. The molecule has 0 saturated carbocycles. The first-order valence-electron chi connectivity index (χ1n) is 38.7. The summed E-state index contributed by atoms with van der Waals surface area (Å²) < 4.78 is 34.8. The number of phosphoric acid groups is 1. The lowest BCUT2D eigenvalue weighted by molar-refractivity contribution is -0.870. The SMILES string of the molecule is CCCCCCC/C=C\C/C=C\C/C=C\CCCCCCCCCCCCCCCCCCCCCCCCC(=O)OC(COC(=O)CCCCCCCCCCCCCCCCCCCCCCCCCCCCC)COP(=O)(O)OCC[N+](C)(C)C. The molecule has 10 heteroatoms. The number of esters is 2. The summed E-state index contributed by atoms with van der Waals surface area (Å²) in [5.41, 5.74) is 0. The minimum absolute atomic E-state index is 0.0356. The van der Waals surface area contributed by atoms with Crippen LogP contribution in [0.5, 0.6) is 0 Å². The van der Waals surface area contributed by atoms with Crippen molar-refractivity contribution in [2.45, 2.75) is 405 Å². The summed E-state index contributed by atoms with van der Waals surface area (Å²) in [6, 6.07) is 0. The zero-order valence-electron chi connectivity index (χ0n) is 59.5. The molecule has 0 saturated heterocycles. The molecule has 520 valence electrons. The number of hydrogen-bond donors (Lipinski definition) is 1. The summed E-state index contributed by atoms with van der Waals surface area (Å²) in [4.78, 5) is 35.9. The number of carbonyl (C=O) groups excluding carboxylic acids is 2. The van der Waals surface area contributed by atoms with Crippen LogP contribution in [0.2, 0.25) is 0 Å². The molecule has 1 N–H and O–H groups in total. The van der Waals surface area contributed by atoms with Gasteiger partial charge in [-0.05, 0) is 51.4 Å². The van der Waals surface area contributed by atoms with Crippen molar-refractivity contribution in [1.29, 1.82) is 0 Å². The summed E-state index contributed by atoms with van der Waals surface area (Å²) in [5.74, 6) is -0.771. The van der Waals surface area contributed by atoms with Crippen molar-refractivity contribution < 1.29 is 42.1 Å². The Morgan fingerprint density at radius 1 is 0.352 bits per heavy atom. The van der Waals surface area contributed by atoms with Gasteiger partial charge in [-0.15, -0.1) is 0 Å². The summed E-state index contributed by atoms with van der Waals surface area (Å²) in [5, 5.41) is 0. The van der Waals surface area contributed by atoms with Crippen LogP contribution >= 0.6 is 7.82 Å². The monoisotopic (exact) mass is 1260 g/mol. The fourth-order valence-corrected chi connectivity index (χ4v) is 12.5. The minimum atomic E-state index is -4.39. The van der Waals surface area contributed by atoms with Crippen LogP contribution in [0.25, 0.3) is 0 Å². The van der Waals surface area contributed by atoms with E-state index in [0.717, 1.165) is 44.9 Å². The number of phosphoric ester groups is 1. The molecule has 0 spiro atoms. The molecule has 0 aromatic carbocycles. The topological polar surface area (TPSA) is 108 Å². The Morgan fingerprint density at radius 2 is 0.614 bits per heavy atom. The second-order valence-electron chi connectivity index (χ2n) is 27.8. The number of nitrogens with zero attached hydrogens (tertiary/aromatic N) is 1. The van der Waals surface area contributed by atoms with Gasteiger partial charge in [0.05, 0.1) is 27.7 Å². The predicted octanol–water partition coefficient (Wildman–Crippen LogP) is 25.4. The fourth-order valence-electron chi connectivity index (χ4n) is 11.7. The molecule has 0 aliphatic carbocycles. The Balaban J connectivity index is 3.92. The summed E-state index contributed by atoms with van der Waals surface area (Å²) in [7, 11) is 1.50. The van der Waals surface area contributed by atoms with Crippen molar-refractivity contribution >= 4 is 19.8 Å². The number of likely N-dealkylation sites (N-methyl/N-ethyl adjacent to an activating group) is 1. The lowest BCUT2D eigenvalue weighted by Crippen LogP contribution is -2.37. The van der Waals surface area contributed by atoms with Gasteiger partial charge in [-0.2, -0.15) is 0 Å². The molecule has 0 heterocycles. The molecule has 0 aromatic rings. The van der Waals surface area contributed by atoms with Crippen molar-refractivity contribution in [3.63, 3.8) is 0 Å². The van der Waals surface area contributed by atoms with Gasteiger partial charge in [-0.3, -0.25) is 18.6 Å². The van der Waals surface area contributed by atoms with Gasteiger partial charge in [-0.1, -0.05) is 371 Å². The first-order chi connectivity index (χ1) is 43.0. The maximum Gasteiger partial charge on any atom is 0.472 e. The fraction of sp³-hybridized carbons (Fsp3) is 0.897. The zero-order valence-corrected chi connectivity index (χ0v) is 60.4. The highest BCUT2D eigenvalue weighted by atomic mass is 31.2. The number of unbranched alkanes of at least 4 members (excludes halogenated alkanes) is 53. The van der Waals surface area contributed by atoms with Gasteiger partial charge in [0.15, 0.2) is 6.10 Å². The van der Waals surface area contributed by atoms with Gasteiger partial charge in [0, 0.05) is 12.8 Å². The number of ether oxygens (including phenoxy) is 2. The van der Waals surface area contributed by atoms with Crippen LogP contribution in [0.3, 0.4) is 0 Å². The van der Waals surface area contributed by atoms with Gasteiger partial charge in [0.1, 0.15) is 19.8 Å². The van der Waals surface area contributed by atoms with E-state index in [4.69, 9.17) is 18.5 Å². The van der Waals surface area contributed by atoms with E-state index >= 15 is 0 Å². The number of hydrogen-bond acceptors (Lipinski definition) is 7. The molecule has 0 aliphatic heterocycles. The third-order valence-corrected chi connectivity index (χ3v) is 18.7. The molecule has 0 fully saturated rings. The molecule has 0 amide bonds. The van der Waals surface area contributed by atoms with Crippen molar-refractivity contribution in [1.82, 2.24) is 0 Å². The van der Waals surface area contributed by atoms with Gasteiger partial charge in [0.25, 0.3) is 0 Å². The standard InChI is InChI=1S/C78H150NO8P/c1-6-8-10-12-14-16-18-20-22-24-26-28-30-32-34-35-36-37-38-39-40-41-42-43-45-47-49-51-53-55-57-59-61-63-65-67-69-71-78(81)87-76(75-86-88(82,83)85-73-72-79(3,4)5)74-84-77(80)70-68-66-64-62-60-58-56-54-52-50-48-46-44-33-31-29-27-25-23-21-19-17-15-13-11-9-7-2/h18,20,24,26,30,32,76H,6-17,19,21-23,25,27-29,31,33-75H2,1-5H3/p+1/b20-18-,26-24-,32-30-. The molecule has 0 rings (SSSR count). The van der Waals surface area contributed by atoms with E-state index in [2.05, 4.69) is 50.3 Å². The van der Waals surface area contributed by atoms with E-state index in [1.807, 2.05) is 21.1 Å². The third-order valence-electron chi connectivity index (χ3n) is 17.7. The Labute approximate surface area is 548 Å². The lowest BCUT2D eigenvalue weighted by Gasteiger charge is -2.24. The van der Waals surface area contributed by atoms with E-state index in [-0.39, 0.29) is 25.6 Å². The molecule has 9 nitrogen and oxygen atoms in total. The number of carbonyl (C=O) groups is 2. The first-order valence-corrected chi connectivity index (χ1v) is 40.2. The van der Waals surface area contributed by atoms with E-state index in [1.165, 1.54) is 321 Å². The lowest BCUT2D eigenvalue weighted by atomic mass is 10.0. The normalized spacial score (nSPS) is 13.2. The van der Waals surface area contributed by atoms with Crippen molar-refractivity contribution in [3.8, 4) is 0 Å². The number of quaternary nitrogens is 1. The second kappa shape index (κ2) is 69.6. The third kappa shape index (κ3) is 73.3. The maximum absolute atomic E-state index is 12.9. The largest absolute Gasteiger partial charge is 0.472 e. The van der Waals surface area contributed by atoms with Crippen molar-refractivity contribution in [3.05, 3.63) is 36.5 Å². The highest BCUT2D eigenvalue weighted by Gasteiger charge is 2.27. The van der Waals surface area contributed by atoms with Crippen LogP contribution < -0.4 is 0 Å². The summed E-state index contributed by atoms with van der Waals surface area (Å²) >= 11 is 0. The molecule has 0 aromatic heterocycles. The van der Waals surface area contributed by atoms with E-state index < -0.39 is 26.5 Å². The molecular formula is C78H151NO8P+. The van der Waals surface area contributed by atoms with Crippen LogP contribution in [0.15, 0.2) is 36.5 Å². The van der Waals surface area contributed by atoms with Gasteiger partial charge in [0.2, 0.25) is 0 Å². The Morgan fingerprint density at radius 3 is 0.909 bits per heavy atom. The van der Waals surface area contributed by atoms with Crippen LogP contribution in [0.1, 0.15) is 399 Å². The zero-order chi connectivity index (χ0) is 64.1. The second-order valence-corrected chi connectivity index (χ2v) is 29.2. The van der Waals surface area contributed by atoms with Crippen LogP contribution in [-0.2, 0) is 32.7 Å². The molecule has 2 atom stereocenters. The van der Waals surface area contributed by atoms with Gasteiger partial charge in [-0.25, -0.2) is 4.57 Å². The predicted molar refractivity (Wildman–Crippen MR) is 381 cm³/mol. The van der Waals surface area contributed by atoms with E-state index in [9.17, 15) is 19.0 Å². The quantitative estimate of drug-likeness (QED) is 0.0211. The molecule has 0 aliphatic rings. The highest BCUT2D eigenvalue weighted by Crippen LogP contribution is 2.43. The minimum Gasteiger partial charge on any atom is -0.462 e.